The van der Waals surface area contributed by atoms with Crippen LogP contribution in [-0.2, 0) is 19.4 Å². The van der Waals surface area contributed by atoms with Gasteiger partial charge in [0.15, 0.2) is 9.84 Å². The van der Waals surface area contributed by atoms with Crippen molar-refractivity contribution in [2.75, 3.05) is 19.3 Å². The van der Waals surface area contributed by atoms with Crippen molar-refractivity contribution in [1.82, 2.24) is 4.90 Å². The van der Waals surface area contributed by atoms with Crippen LogP contribution in [0.15, 0.2) is 0 Å². The zero-order valence-electron chi connectivity index (χ0n) is 11.4. The number of carbonyl (C=O) groups is 2. The lowest BCUT2D eigenvalue weighted by atomic mass is 10.1. The maximum Gasteiger partial charge on any atom is 0.308 e. The van der Waals surface area contributed by atoms with Gasteiger partial charge in [-0.1, -0.05) is 6.92 Å². The third-order valence-corrected chi connectivity index (χ3v) is 5.06. The van der Waals surface area contributed by atoms with E-state index < -0.39 is 32.4 Å². The first-order valence-corrected chi connectivity index (χ1v) is 7.56. The number of hydrogen-bond donors (Lipinski definition) is 1. The Labute approximate surface area is 108 Å². The van der Waals surface area contributed by atoms with Crippen LogP contribution >= 0.6 is 0 Å². The topological polar surface area (TPSA) is 91.8 Å². The van der Waals surface area contributed by atoms with Gasteiger partial charge in [0, 0.05) is 19.3 Å². The van der Waals surface area contributed by atoms with E-state index in [2.05, 4.69) is 0 Å². The summed E-state index contributed by atoms with van der Waals surface area (Å²) in [4.78, 5) is 24.2. The van der Waals surface area contributed by atoms with E-state index in [0.29, 0.717) is 0 Å². The third-order valence-electron chi connectivity index (χ3n) is 3.03. The average Bonchev–Trinajstić information content (AvgIpc) is 2.22. The van der Waals surface area contributed by atoms with Gasteiger partial charge in [0.1, 0.15) is 4.75 Å². The van der Waals surface area contributed by atoms with Crippen LogP contribution in [-0.4, -0.2) is 54.4 Å². The highest BCUT2D eigenvalue weighted by Crippen LogP contribution is 2.19. The first kappa shape index (κ1) is 16.9. The zero-order valence-corrected chi connectivity index (χ0v) is 12.2. The molecule has 7 heteroatoms. The average molecular weight is 279 g/mol. The second kappa shape index (κ2) is 5.69. The van der Waals surface area contributed by atoms with Gasteiger partial charge < -0.3 is 10.0 Å². The van der Waals surface area contributed by atoms with E-state index in [9.17, 15) is 18.0 Å². The second-order valence-electron chi connectivity index (χ2n) is 4.87. The van der Waals surface area contributed by atoms with Crippen LogP contribution in [0.5, 0.6) is 0 Å². The summed E-state index contributed by atoms with van der Waals surface area (Å²) in [5.41, 5.74) is 0. The van der Waals surface area contributed by atoms with Crippen LogP contribution in [0.1, 0.15) is 27.7 Å². The van der Waals surface area contributed by atoms with E-state index >= 15 is 0 Å². The summed E-state index contributed by atoms with van der Waals surface area (Å²) in [6, 6.07) is 0. The summed E-state index contributed by atoms with van der Waals surface area (Å²) < 4.78 is 21.6. The van der Waals surface area contributed by atoms with Gasteiger partial charge in [-0.3, -0.25) is 9.59 Å². The number of nitrogens with zero attached hydrogens (tertiary/aromatic N) is 1. The van der Waals surface area contributed by atoms with E-state index in [0.717, 1.165) is 6.26 Å². The van der Waals surface area contributed by atoms with Crippen molar-refractivity contribution in [3.63, 3.8) is 0 Å². The molecule has 106 valence electrons. The molecule has 0 radical (unpaired) electrons. The second-order valence-corrected chi connectivity index (χ2v) is 7.43. The molecule has 18 heavy (non-hydrogen) atoms. The van der Waals surface area contributed by atoms with Crippen molar-refractivity contribution >= 4 is 21.7 Å². The van der Waals surface area contributed by atoms with Gasteiger partial charge in [0.25, 0.3) is 0 Å². The van der Waals surface area contributed by atoms with Gasteiger partial charge in [-0.2, -0.15) is 0 Å². The van der Waals surface area contributed by atoms with Crippen molar-refractivity contribution in [3.05, 3.63) is 0 Å². The highest BCUT2D eigenvalue weighted by atomic mass is 32.2. The minimum absolute atomic E-state index is 0.00359. The fourth-order valence-corrected chi connectivity index (χ4v) is 1.75. The number of amides is 1. The molecule has 1 atom stereocenters. The summed E-state index contributed by atoms with van der Waals surface area (Å²) in [6.45, 7) is 6.10. The van der Waals surface area contributed by atoms with Gasteiger partial charge >= 0.3 is 5.97 Å². The fourth-order valence-electron chi connectivity index (χ4n) is 1.30. The molecule has 0 aromatic heterocycles. The molecule has 0 aliphatic carbocycles. The highest BCUT2D eigenvalue weighted by molar-refractivity contribution is 7.92. The molecule has 0 aromatic rings. The number of hydrogen-bond acceptors (Lipinski definition) is 4. The number of aliphatic carboxylic acids is 1. The molecule has 0 bridgehead atoms. The first-order valence-electron chi connectivity index (χ1n) is 5.67. The van der Waals surface area contributed by atoms with E-state index in [1.54, 1.807) is 6.92 Å². The molecule has 1 N–H and O–H groups in total. The SMILES string of the molecule is CCN(CC(C)C(=O)O)C(=O)C(C)(C)S(C)(=O)=O. The molecule has 1 unspecified atom stereocenters. The molecular weight excluding hydrogens is 258 g/mol. The van der Waals surface area contributed by atoms with E-state index in [4.69, 9.17) is 5.11 Å². The van der Waals surface area contributed by atoms with E-state index in [1.165, 1.54) is 25.7 Å². The van der Waals surface area contributed by atoms with E-state index in [1.807, 2.05) is 0 Å². The molecule has 0 aliphatic rings. The zero-order chi connectivity index (χ0) is 14.7. The van der Waals surface area contributed by atoms with Crippen LogP contribution < -0.4 is 0 Å². The number of carboxylic acids is 1. The Hall–Kier alpha value is -1.11. The Morgan fingerprint density at radius 2 is 1.78 bits per heavy atom. The van der Waals surface area contributed by atoms with Crippen LogP contribution in [0.4, 0.5) is 0 Å². The maximum atomic E-state index is 12.2. The number of rotatable bonds is 6. The molecule has 0 spiro atoms. The minimum atomic E-state index is -3.55. The fraction of sp³-hybridized carbons (Fsp3) is 0.818. The normalized spacial score (nSPS) is 14.1. The lowest BCUT2D eigenvalue weighted by Gasteiger charge is -2.30. The van der Waals surface area contributed by atoms with Crippen molar-refractivity contribution in [1.29, 1.82) is 0 Å². The molecule has 0 aromatic carbocycles. The summed E-state index contributed by atoms with van der Waals surface area (Å²) in [6.07, 6.45) is 0.999. The lowest BCUT2D eigenvalue weighted by molar-refractivity contribution is -0.143. The van der Waals surface area contributed by atoms with Gasteiger partial charge in [0.2, 0.25) is 5.91 Å². The Bertz CT molecular complexity index is 427. The van der Waals surface area contributed by atoms with E-state index in [-0.39, 0.29) is 13.1 Å². The van der Waals surface area contributed by atoms with Crippen LogP contribution in [0.3, 0.4) is 0 Å². The predicted molar refractivity (Wildman–Crippen MR) is 68.0 cm³/mol. The summed E-state index contributed by atoms with van der Waals surface area (Å²) in [5.74, 6) is -2.32. The lowest BCUT2D eigenvalue weighted by Crippen LogP contribution is -2.51. The highest BCUT2D eigenvalue weighted by Gasteiger charge is 2.41. The van der Waals surface area contributed by atoms with Gasteiger partial charge in [-0.15, -0.1) is 0 Å². The Morgan fingerprint density at radius 3 is 2.06 bits per heavy atom. The van der Waals surface area contributed by atoms with Crippen LogP contribution in [0.25, 0.3) is 0 Å². The Morgan fingerprint density at radius 1 is 1.33 bits per heavy atom. The summed E-state index contributed by atoms with van der Waals surface area (Å²) in [5, 5.41) is 8.81. The molecule has 0 saturated heterocycles. The largest absolute Gasteiger partial charge is 0.481 e. The van der Waals surface area contributed by atoms with Crippen molar-refractivity contribution in [2.45, 2.75) is 32.4 Å². The van der Waals surface area contributed by atoms with Gasteiger partial charge in [-0.25, -0.2) is 8.42 Å². The third kappa shape index (κ3) is 3.69. The van der Waals surface area contributed by atoms with Crippen LogP contribution in [0, 0.1) is 5.92 Å². The van der Waals surface area contributed by atoms with Crippen LogP contribution in [0.2, 0.25) is 0 Å². The van der Waals surface area contributed by atoms with Gasteiger partial charge in [-0.05, 0) is 20.8 Å². The minimum Gasteiger partial charge on any atom is -0.481 e. The Balaban J connectivity index is 5.11. The summed E-state index contributed by atoms with van der Waals surface area (Å²) >= 11 is 0. The number of carbonyl (C=O) groups excluding carboxylic acids is 1. The molecule has 6 nitrogen and oxygen atoms in total. The Kier molecular flexibility index (Phi) is 5.34. The first-order chi connectivity index (χ1) is 7.95. The smallest absolute Gasteiger partial charge is 0.308 e. The van der Waals surface area contributed by atoms with Crippen molar-refractivity contribution in [3.8, 4) is 0 Å². The van der Waals surface area contributed by atoms with Crippen molar-refractivity contribution in [2.24, 2.45) is 5.92 Å². The number of carboxylic acid groups (broad SMARTS) is 1. The molecular formula is C11H21NO5S. The molecule has 0 fully saturated rings. The molecule has 1 amide bonds. The van der Waals surface area contributed by atoms with Crippen molar-refractivity contribution < 1.29 is 23.1 Å². The molecule has 0 heterocycles. The standard InChI is InChI=1S/C11H21NO5S/c1-6-12(7-8(2)9(13)14)10(15)11(3,4)18(5,16)17/h8H,6-7H2,1-5H3,(H,13,14). The quantitative estimate of drug-likeness (QED) is 0.759. The predicted octanol–water partition coefficient (Wildman–Crippen LogP) is 0.379. The molecule has 0 aliphatic heterocycles. The summed E-state index contributed by atoms with van der Waals surface area (Å²) in [7, 11) is -3.55. The molecule has 0 saturated carbocycles. The maximum absolute atomic E-state index is 12.2. The number of sulfone groups is 1. The van der Waals surface area contributed by atoms with Gasteiger partial charge in [0.05, 0.1) is 5.92 Å². The monoisotopic (exact) mass is 279 g/mol. The molecule has 0 rings (SSSR count).